The fourth-order valence-corrected chi connectivity index (χ4v) is 2.43. The second-order valence-corrected chi connectivity index (χ2v) is 6.15. The summed E-state index contributed by atoms with van der Waals surface area (Å²) in [7, 11) is 0. The van der Waals surface area contributed by atoms with Gasteiger partial charge in [-0.25, -0.2) is 0 Å². The molecular formula is C15H23N. The number of hydrogen-bond donors (Lipinski definition) is 1. The monoisotopic (exact) mass is 217 g/mol. The third-order valence-corrected chi connectivity index (χ3v) is 3.84. The lowest BCUT2D eigenvalue weighted by Gasteiger charge is -2.21. The third kappa shape index (κ3) is 2.15. The van der Waals surface area contributed by atoms with Crippen molar-refractivity contribution in [1.29, 1.82) is 0 Å². The summed E-state index contributed by atoms with van der Waals surface area (Å²) in [6.07, 6.45) is 3.78. The number of hydrogen-bond acceptors (Lipinski definition) is 1. The van der Waals surface area contributed by atoms with Gasteiger partial charge in [0.25, 0.3) is 0 Å². The van der Waals surface area contributed by atoms with Crippen LogP contribution < -0.4 is 5.73 Å². The summed E-state index contributed by atoms with van der Waals surface area (Å²) >= 11 is 0. The lowest BCUT2D eigenvalue weighted by molar-refractivity contribution is 0.587. The molecule has 0 atom stereocenters. The Labute approximate surface area is 99.0 Å². The van der Waals surface area contributed by atoms with Crippen LogP contribution in [0.15, 0.2) is 24.3 Å². The highest BCUT2D eigenvalue weighted by atomic mass is 14.6. The van der Waals surface area contributed by atoms with Crippen molar-refractivity contribution < 1.29 is 0 Å². The van der Waals surface area contributed by atoms with Crippen LogP contribution in [-0.2, 0) is 10.8 Å². The molecule has 1 aromatic carbocycles. The van der Waals surface area contributed by atoms with Crippen LogP contribution in [0.1, 0.15) is 51.2 Å². The van der Waals surface area contributed by atoms with Crippen molar-refractivity contribution in [3.05, 3.63) is 35.4 Å². The summed E-state index contributed by atoms with van der Waals surface area (Å²) in [5.41, 5.74) is 9.29. The first-order valence-electron chi connectivity index (χ1n) is 6.29. The maximum absolute atomic E-state index is 5.69. The van der Waals surface area contributed by atoms with E-state index in [0.29, 0.717) is 5.41 Å². The summed E-state index contributed by atoms with van der Waals surface area (Å²) < 4.78 is 0. The maximum atomic E-state index is 5.69. The highest BCUT2D eigenvalue weighted by Crippen LogP contribution is 2.50. The van der Waals surface area contributed by atoms with Gasteiger partial charge in [-0.1, -0.05) is 45.0 Å². The molecule has 0 aromatic heterocycles. The van der Waals surface area contributed by atoms with Crippen LogP contribution in [-0.4, -0.2) is 6.54 Å². The van der Waals surface area contributed by atoms with Gasteiger partial charge >= 0.3 is 0 Å². The van der Waals surface area contributed by atoms with E-state index in [1.54, 1.807) is 0 Å². The van der Waals surface area contributed by atoms with Crippen molar-refractivity contribution in [2.24, 2.45) is 5.73 Å². The van der Waals surface area contributed by atoms with Gasteiger partial charge in [-0.3, -0.25) is 0 Å². The molecule has 1 aliphatic carbocycles. The van der Waals surface area contributed by atoms with Crippen LogP contribution in [0, 0.1) is 0 Å². The largest absolute Gasteiger partial charge is 0.330 e. The van der Waals surface area contributed by atoms with E-state index in [2.05, 4.69) is 45.0 Å². The van der Waals surface area contributed by atoms with Crippen LogP contribution >= 0.6 is 0 Å². The first-order valence-corrected chi connectivity index (χ1v) is 6.29. The normalized spacial score (nSPS) is 18.5. The SMILES string of the molecule is CC(C)(C)c1ccc(C2(CCN)CC2)cc1. The van der Waals surface area contributed by atoms with Crippen LogP contribution in [0.5, 0.6) is 0 Å². The Morgan fingerprint density at radius 3 is 2.06 bits per heavy atom. The Bertz CT molecular complexity index is 352. The topological polar surface area (TPSA) is 26.0 Å². The molecule has 1 saturated carbocycles. The average Bonchev–Trinajstić information content (AvgIpc) is 2.99. The molecule has 2 N–H and O–H groups in total. The molecule has 0 saturated heterocycles. The van der Waals surface area contributed by atoms with Crippen molar-refractivity contribution >= 4 is 0 Å². The van der Waals surface area contributed by atoms with E-state index >= 15 is 0 Å². The van der Waals surface area contributed by atoms with Gasteiger partial charge in [-0.05, 0) is 47.8 Å². The third-order valence-electron chi connectivity index (χ3n) is 3.84. The molecule has 1 heteroatoms. The summed E-state index contributed by atoms with van der Waals surface area (Å²) in [4.78, 5) is 0. The zero-order valence-corrected chi connectivity index (χ0v) is 10.7. The second kappa shape index (κ2) is 3.89. The molecule has 1 aliphatic rings. The van der Waals surface area contributed by atoms with Gasteiger partial charge in [0.1, 0.15) is 0 Å². The summed E-state index contributed by atoms with van der Waals surface area (Å²) in [6.45, 7) is 7.58. The van der Waals surface area contributed by atoms with Crippen molar-refractivity contribution in [3.8, 4) is 0 Å². The quantitative estimate of drug-likeness (QED) is 0.825. The van der Waals surface area contributed by atoms with Crippen LogP contribution in [0.3, 0.4) is 0 Å². The van der Waals surface area contributed by atoms with Gasteiger partial charge in [-0.15, -0.1) is 0 Å². The zero-order valence-electron chi connectivity index (χ0n) is 10.7. The highest BCUT2D eigenvalue weighted by molar-refractivity contribution is 5.35. The van der Waals surface area contributed by atoms with E-state index in [9.17, 15) is 0 Å². The predicted octanol–water partition coefficient (Wildman–Crippen LogP) is 3.36. The fourth-order valence-electron chi connectivity index (χ4n) is 2.43. The Morgan fingerprint density at radius 2 is 1.69 bits per heavy atom. The standard InChI is InChI=1S/C15H23N/c1-14(2,3)12-4-6-13(7-5-12)15(8-9-15)10-11-16/h4-7H,8-11,16H2,1-3H3. The Kier molecular flexibility index (Phi) is 2.83. The molecule has 88 valence electrons. The molecular weight excluding hydrogens is 194 g/mol. The summed E-state index contributed by atoms with van der Waals surface area (Å²) in [5, 5.41) is 0. The van der Waals surface area contributed by atoms with E-state index in [4.69, 9.17) is 5.73 Å². The smallest absolute Gasteiger partial charge is 0.00344 e. The number of benzene rings is 1. The first kappa shape index (κ1) is 11.7. The van der Waals surface area contributed by atoms with E-state index < -0.39 is 0 Å². The van der Waals surface area contributed by atoms with E-state index in [-0.39, 0.29) is 5.41 Å². The molecule has 0 bridgehead atoms. The lowest BCUT2D eigenvalue weighted by Crippen LogP contribution is -2.15. The van der Waals surface area contributed by atoms with Gasteiger partial charge in [0.15, 0.2) is 0 Å². The van der Waals surface area contributed by atoms with Gasteiger partial charge in [0.2, 0.25) is 0 Å². The average molecular weight is 217 g/mol. The molecule has 0 radical (unpaired) electrons. The fraction of sp³-hybridized carbons (Fsp3) is 0.600. The maximum Gasteiger partial charge on any atom is -0.00344 e. The molecule has 0 amide bonds. The van der Waals surface area contributed by atoms with Gasteiger partial charge in [0, 0.05) is 0 Å². The minimum absolute atomic E-state index is 0.253. The Morgan fingerprint density at radius 1 is 1.12 bits per heavy atom. The highest BCUT2D eigenvalue weighted by Gasteiger charge is 2.43. The van der Waals surface area contributed by atoms with Crippen molar-refractivity contribution in [2.45, 2.75) is 50.9 Å². The minimum Gasteiger partial charge on any atom is -0.330 e. The Hall–Kier alpha value is -0.820. The predicted molar refractivity (Wildman–Crippen MR) is 69.7 cm³/mol. The van der Waals surface area contributed by atoms with Crippen LogP contribution in [0.4, 0.5) is 0 Å². The minimum atomic E-state index is 0.253. The van der Waals surface area contributed by atoms with Gasteiger partial charge in [0.05, 0.1) is 0 Å². The first-order chi connectivity index (χ1) is 7.48. The summed E-state index contributed by atoms with van der Waals surface area (Å²) in [6, 6.07) is 9.18. The molecule has 0 aliphatic heterocycles. The molecule has 0 heterocycles. The van der Waals surface area contributed by atoms with Crippen molar-refractivity contribution in [3.63, 3.8) is 0 Å². The van der Waals surface area contributed by atoms with Crippen molar-refractivity contribution in [2.75, 3.05) is 6.54 Å². The number of nitrogens with two attached hydrogens (primary N) is 1. The zero-order chi connectivity index (χ0) is 11.8. The Balaban J connectivity index is 2.20. The molecule has 2 rings (SSSR count). The molecule has 1 fully saturated rings. The van der Waals surface area contributed by atoms with E-state index in [1.165, 1.54) is 24.0 Å². The molecule has 16 heavy (non-hydrogen) atoms. The molecule has 1 aromatic rings. The van der Waals surface area contributed by atoms with Gasteiger partial charge < -0.3 is 5.73 Å². The van der Waals surface area contributed by atoms with Crippen LogP contribution in [0.25, 0.3) is 0 Å². The van der Waals surface area contributed by atoms with Crippen LogP contribution in [0.2, 0.25) is 0 Å². The van der Waals surface area contributed by atoms with Gasteiger partial charge in [-0.2, -0.15) is 0 Å². The van der Waals surface area contributed by atoms with E-state index in [1.807, 2.05) is 0 Å². The molecule has 0 unspecified atom stereocenters. The molecule has 0 spiro atoms. The number of rotatable bonds is 3. The summed E-state index contributed by atoms with van der Waals surface area (Å²) in [5.74, 6) is 0. The van der Waals surface area contributed by atoms with E-state index in [0.717, 1.165) is 13.0 Å². The second-order valence-electron chi connectivity index (χ2n) is 6.15. The lowest BCUT2D eigenvalue weighted by atomic mass is 9.84. The van der Waals surface area contributed by atoms with Crippen molar-refractivity contribution in [1.82, 2.24) is 0 Å². The molecule has 1 nitrogen and oxygen atoms in total.